The Morgan fingerprint density at radius 1 is 1.14 bits per heavy atom. The molecular weight excluding hydrogens is 340 g/mol. The SMILES string of the molecule is CC.COc1ccc(Cn2cc3cc(Br)cc(C)c3n2)cc1. The maximum Gasteiger partial charge on any atom is 0.118 e. The van der Waals surface area contributed by atoms with Crippen molar-refractivity contribution in [3.05, 3.63) is 58.2 Å². The zero-order chi connectivity index (χ0) is 16.1. The number of aryl methyl sites for hydroxylation is 1. The van der Waals surface area contributed by atoms with Crippen LogP contribution in [0.1, 0.15) is 25.0 Å². The number of benzene rings is 2. The van der Waals surface area contributed by atoms with Crippen LogP contribution in [-0.2, 0) is 6.54 Å². The zero-order valence-electron chi connectivity index (χ0n) is 13.4. The van der Waals surface area contributed by atoms with Crippen LogP contribution in [0.2, 0.25) is 0 Å². The number of rotatable bonds is 3. The number of ether oxygens (including phenoxy) is 1. The van der Waals surface area contributed by atoms with Crippen LogP contribution < -0.4 is 4.74 Å². The van der Waals surface area contributed by atoms with Crippen molar-refractivity contribution < 1.29 is 4.74 Å². The van der Waals surface area contributed by atoms with Gasteiger partial charge in [0.15, 0.2) is 0 Å². The minimum Gasteiger partial charge on any atom is -0.497 e. The van der Waals surface area contributed by atoms with Crippen LogP contribution in [0.15, 0.2) is 47.1 Å². The highest BCUT2D eigenvalue weighted by Crippen LogP contribution is 2.23. The number of hydrogen-bond acceptors (Lipinski definition) is 2. The molecule has 0 fully saturated rings. The molecule has 0 aliphatic carbocycles. The molecule has 0 amide bonds. The fourth-order valence-corrected chi connectivity index (χ4v) is 2.90. The number of nitrogens with zero attached hydrogens (tertiary/aromatic N) is 2. The predicted molar refractivity (Wildman–Crippen MR) is 95.6 cm³/mol. The second-order valence-electron chi connectivity index (χ2n) is 4.84. The minimum absolute atomic E-state index is 0.760. The van der Waals surface area contributed by atoms with Gasteiger partial charge < -0.3 is 4.74 Å². The average Bonchev–Trinajstić information content (AvgIpc) is 2.93. The Balaban J connectivity index is 0.000000847. The summed E-state index contributed by atoms with van der Waals surface area (Å²) in [6.45, 7) is 6.84. The number of methoxy groups -OCH3 is 1. The fraction of sp³-hybridized carbons (Fsp3) is 0.278. The van der Waals surface area contributed by atoms with Crippen LogP contribution in [-0.4, -0.2) is 16.9 Å². The van der Waals surface area contributed by atoms with Gasteiger partial charge >= 0.3 is 0 Å². The van der Waals surface area contributed by atoms with Gasteiger partial charge in [0.2, 0.25) is 0 Å². The van der Waals surface area contributed by atoms with E-state index in [4.69, 9.17) is 4.74 Å². The molecule has 2 aromatic carbocycles. The minimum atomic E-state index is 0.760. The van der Waals surface area contributed by atoms with E-state index < -0.39 is 0 Å². The van der Waals surface area contributed by atoms with E-state index in [-0.39, 0.29) is 0 Å². The van der Waals surface area contributed by atoms with Gasteiger partial charge in [0.25, 0.3) is 0 Å². The molecule has 0 saturated carbocycles. The van der Waals surface area contributed by atoms with Gasteiger partial charge in [-0.25, -0.2) is 0 Å². The number of halogens is 1. The standard InChI is InChI=1S/C16H15BrN2O.C2H6/c1-11-7-14(17)8-13-10-19(18-16(11)13)9-12-3-5-15(20-2)6-4-12;1-2/h3-8,10H,9H2,1-2H3;1-2H3. The van der Waals surface area contributed by atoms with E-state index in [1.807, 2.05) is 30.7 Å². The smallest absolute Gasteiger partial charge is 0.118 e. The molecule has 0 aliphatic heterocycles. The van der Waals surface area contributed by atoms with E-state index in [2.05, 4.69) is 58.4 Å². The largest absolute Gasteiger partial charge is 0.497 e. The Kier molecular flexibility index (Phi) is 5.61. The molecule has 1 heterocycles. The zero-order valence-corrected chi connectivity index (χ0v) is 15.0. The third-order valence-electron chi connectivity index (χ3n) is 3.31. The van der Waals surface area contributed by atoms with Crippen molar-refractivity contribution in [2.24, 2.45) is 0 Å². The van der Waals surface area contributed by atoms with Crippen molar-refractivity contribution in [3.8, 4) is 5.75 Å². The molecule has 0 atom stereocenters. The van der Waals surface area contributed by atoms with Crippen molar-refractivity contribution in [2.75, 3.05) is 7.11 Å². The highest BCUT2D eigenvalue weighted by Gasteiger charge is 2.05. The van der Waals surface area contributed by atoms with Crippen LogP contribution in [0.25, 0.3) is 10.9 Å². The summed E-state index contributed by atoms with van der Waals surface area (Å²) in [4.78, 5) is 0. The Labute approximate surface area is 140 Å². The van der Waals surface area contributed by atoms with Gasteiger partial charge in [0.05, 0.1) is 19.2 Å². The van der Waals surface area contributed by atoms with E-state index in [0.29, 0.717) is 0 Å². The summed E-state index contributed by atoms with van der Waals surface area (Å²) in [6, 6.07) is 12.3. The van der Waals surface area contributed by atoms with Crippen LogP contribution in [0.3, 0.4) is 0 Å². The quantitative estimate of drug-likeness (QED) is 0.642. The van der Waals surface area contributed by atoms with E-state index in [1.54, 1.807) is 7.11 Å². The molecule has 116 valence electrons. The summed E-state index contributed by atoms with van der Waals surface area (Å²) in [5.74, 6) is 0.874. The van der Waals surface area contributed by atoms with Gasteiger partial charge in [0.1, 0.15) is 5.75 Å². The Bertz CT molecular complexity index is 748. The van der Waals surface area contributed by atoms with E-state index in [9.17, 15) is 0 Å². The Morgan fingerprint density at radius 3 is 2.45 bits per heavy atom. The molecule has 0 unspecified atom stereocenters. The van der Waals surface area contributed by atoms with E-state index in [0.717, 1.165) is 27.7 Å². The van der Waals surface area contributed by atoms with E-state index >= 15 is 0 Å². The summed E-state index contributed by atoms with van der Waals surface area (Å²) in [6.07, 6.45) is 2.08. The van der Waals surface area contributed by atoms with Crippen LogP contribution in [0.4, 0.5) is 0 Å². The number of hydrogen-bond donors (Lipinski definition) is 0. The van der Waals surface area contributed by atoms with Crippen LogP contribution in [0.5, 0.6) is 5.75 Å². The maximum atomic E-state index is 5.17. The van der Waals surface area contributed by atoms with Gasteiger partial charge in [-0.15, -0.1) is 0 Å². The summed E-state index contributed by atoms with van der Waals surface area (Å²) in [5.41, 5.74) is 3.44. The second-order valence-corrected chi connectivity index (χ2v) is 5.75. The number of fused-ring (bicyclic) bond motifs is 1. The molecule has 0 spiro atoms. The molecule has 0 aliphatic rings. The molecule has 3 aromatic rings. The lowest BCUT2D eigenvalue weighted by atomic mass is 10.2. The molecule has 0 bridgehead atoms. The normalized spacial score (nSPS) is 10.2. The predicted octanol–water partition coefficient (Wildman–Crippen LogP) is 5.19. The molecule has 3 nitrogen and oxygen atoms in total. The summed E-state index contributed by atoms with van der Waals surface area (Å²) >= 11 is 3.52. The first-order valence-corrected chi connectivity index (χ1v) is 8.21. The number of aromatic nitrogens is 2. The van der Waals surface area contributed by atoms with Gasteiger partial charge in [-0.05, 0) is 42.3 Å². The lowest BCUT2D eigenvalue weighted by Crippen LogP contribution is -1.99. The lowest BCUT2D eigenvalue weighted by molar-refractivity contribution is 0.414. The molecule has 1 aromatic heterocycles. The summed E-state index contributed by atoms with van der Waals surface area (Å²) in [5, 5.41) is 5.81. The van der Waals surface area contributed by atoms with E-state index in [1.165, 1.54) is 11.1 Å². The third-order valence-corrected chi connectivity index (χ3v) is 3.77. The molecule has 22 heavy (non-hydrogen) atoms. The molecule has 0 radical (unpaired) electrons. The Hall–Kier alpha value is -1.81. The summed E-state index contributed by atoms with van der Waals surface area (Å²) in [7, 11) is 1.68. The fourth-order valence-electron chi connectivity index (χ4n) is 2.31. The molecule has 0 N–H and O–H groups in total. The molecule has 0 saturated heterocycles. The molecule has 4 heteroatoms. The van der Waals surface area contributed by atoms with Gasteiger partial charge in [-0.1, -0.05) is 41.9 Å². The first kappa shape index (κ1) is 16.6. The van der Waals surface area contributed by atoms with Crippen molar-refractivity contribution in [2.45, 2.75) is 27.3 Å². The van der Waals surface area contributed by atoms with Crippen molar-refractivity contribution >= 4 is 26.8 Å². The van der Waals surface area contributed by atoms with Crippen molar-refractivity contribution in [3.63, 3.8) is 0 Å². The van der Waals surface area contributed by atoms with Crippen molar-refractivity contribution in [1.29, 1.82) is 0 Å². The van der Waals surface area contributed by atoms with Crippen molar-refractivity contribution in [1.82, 2.24) is 9.78 Å². The lowest BCUT2D eigenvalue weighted by Gasteiger charge is -2.03. The monoisotopic (exact) mass is 360 g/mol. The molecular formula is C18H21BrN2O. The van der Waals surface area contributed by atoms with Gasteiger partial charge in [-0.3, -0.25) is 4.68 Å². The maximum absolute atomic E-state index is 5.17. The Morgan fingerprint density at radius 2 is 1.82 bits per heavy atom. The van der Waals surface area contributed by atoms with Gasteiger partial charge in [-0.2, -0.15) is 5.10 Å². The summed E-state index contributed by atoms with van der Waals surface area (Å²) < 4.78 is 8.24. The third kappa shape index (κ3) is 3.69. The topological polar surface area (TPSA) is 27.1 Å². The average molecular weight is 361 g/mol. The molecule has 3 rings (SSSR count). The highest BCUT2D eigenvalue weighted by molar-refractivity contribution is 9.10. The van der Waals surface area contributed by atoms with Gasteiger partial charge in [0, 0.05) is 16.1 Å². The first-order chi connectivity index (χ1) is 10.7. The second kappa shape index (κ2) is 7.45. The van der Waals surface area contributed by atoms with Crippen LogP contribution in [0, 0.1) is 6.92 Å². The van der Waals surface area contributed by atoms with Crippen LogP contribution >= 0.6 is 15.9 Å². The highest BCUT2D eigenvalue weighted by atomic mass is 79.9. The first-order valence-electron chi connectivity index (χ1n) is 7.42.